The molecule has 28 heavy (non-hydrogen) atoms. The number of hydrogen-bond donors (Lipinski definition) is 1. The van der Waals surface area contributed by atoms with E-state index in [-0.39, 0.29) is 16.8 Å². The van der Waals surface area contributed by atoms with Gasteiger partial charge in [0.15, 0.2) is 0 Å². The first kappa shape index (κ1) is 19.0. The van der Waals surface area contributed by atoms with Crippen molar-refractivity contribution in [1.29, 1.82) is 0 Å². The van der Waals surface area contributed by atoms with Crippen LogP contribution < -0.4 is 9.62 Å². The van der Waals surface area contributed by atoms with Crippen molar-refractivity contribution in [1.82, 2.24) is 9.78 Å². The molecule has 1 aromatic heterocycles. The van der Waals surface area contributed by atoms with E-state index in [1.54, 1.807) is 47.1 Å². The number of aromatic nitrogens is 2. The molecular weight excluding hydrogens is 376 g/mol. The van der Waals surface area contributed by atoms with Gasteiger partial charge in [-0.3, -0.25) is 9.52 Å². The van der Waals surface area contributed by atoms with Crippen LogP contribution in [0.15, 0.2) is 35.4 Å². The normalized spacial score (nSPS) is 20.0. The summed E-state index contributed by atoms with van der Waals surface area (Å²) >= 11 is 0. The first-order valence-electron chi connectivity index (χ1n) is 9.57. The molecule has 150 valence electrons. The molecule has 0 radical (unpaired) electrons. The molecule has 0 spiro atoms. The van der Waals surface area contributed by atoms with Crippen molar-refractivity contribution in [2.45, 2.75) is 56.4 Å². The first-order chi connectivity index (χ1) is 13.1. The summed E-state index contributed by atoms with van der Waals surface area (Å²) in [6.45, 7) is 6.00. The average Bonchev–Trinajstić information content (AvgIpc) is 3.38. The lowest BCUT2D eigenvalue weighted by Gasteiger charge is -2.37. The summed E-state index contributed by atoms with van der Waals surface area (Å²) in [6, 6.07) is 6.80. The highest BCUT2D eigenvalue weighted by Crippen LogP contribution is 2.42. The van der Waals surface area contributed by atoms with Gasteiger partial charge in [-0.25, -0.2) is 13.1 Å². The van der Waals surface area contributed by atoms with Crippen LogP contribution in [0, 0.1) is 5.92 Å². The Bertz CT molecular complexity index is 1040. The largest absolute Gasteiger partial charge is 0.315 e. The number of amides is 1. The molecule has 2 aliphatic rings. The van der Waals surface area contributed by atoms with Crippen molar-refractivity contribution in [3.63, 3.8) is 0 Å². The fourth-order valence-corrected chi connectivity index (χ4v) is 5.01. The summed E-state index contributed by atoms with van der Waals surface area (Å²) in [5.74, 6) is 1.06. The lowest BCUT2D eigenvalue weighted by Crippen LogP contribution is -2.39. The Hall–Kier alpha value is -2.35. The molecule has 8 heteroatoms. The molecule has 1 aliphatic heterocycles. The Balaban J connectivity index is 1.68. The van der Waals surface area contributed by atoms with E-state index in [4.69, 9.17) is 0 Å². The molecule has 2 aromatic rings. The van der Waals surface area contributed by atoms with E-state index in [9.17, 15) is 13.2 Å². The predicted octanol–water partition coefficient (Wildman–Crippen LogP) is 3.30. The number of carbonyl (C=O) groups excluding carboxylic acids is 1. The van der Waals surface area contributed by atoms with Crippen LogP contribution >= 0.6 is 0 Å². The molecular formula is C20H26N4O3S. The van der Waals surface area contributed by atoms with E-state index in [1.807, 2.05) is 13.8 Å². The zero-order valence-electron chi connectivity index (χ0n) is 16.6. The minimum atomic E-state index is -3.77. The minimum Gasteiger partial charge on any atom is -0.315 e. The van der Waals surface area contributed by atoms with Crippen LogP contribution in [0.5, 0.6) is 0 Å². The van der Waals surface area contributed by atoms with Gasteiger partial charge in [0, 0.05) is 30.6 Å². The number of carbonyl (C=O) groups is 1. The molecule has 0 bridgehead atoms. The van der Waals surface area contributed by atoms with Gasteiger partial charge in [0.1, 0.15) is 5.82 Å². The summed E-state index contributed by atoms with van der Waals surface area (Å²) in [4.78, 5) is 14.0. The summed E-state index contributed by atoms with van der Waals surface area (Å²) in [5, 5.41) is 4.31. The molecule has 1 atom stereocenters. The van der Waals surface area contributed by atoms with Crippen molar-refractivity contribution < 1.29 is 13.2 Å². The maximum atomic E-state index is 13.1. The van der Waals surface area contributed by atoms with Crippen LogP contribution in [-0.4, -0.2) is 31.2 Å². The summed E-state index contributed by atoms with van der Waals surface area (Å²) in [7, 11) is -2.05. The van der Waals surface area contributed by atoms with Crippen molar-refractivity contribution >= 4 is 27.4 Å². The number of nitrogens with zero attached hydrogens (tertiary/aromatic N) is 3. The second-order valence-corrected chi connectivity index (χ2v) is 10.2. The Morgan fingerprint density at radius 2 is 1.96 bits per heavy atom. The van der Waals surface area contributed by atoms with Crippen LogP contribution in [0.25, 0.3) is 0 Å². The predicted molar refractivity (Wildman–Crippen MR) is 108 cm³/mol. The van der Waals surface area contributed by atoms with Crippen LogP contribution in [-0.2, 0) is 20.2 Å². The number of anilines is 2. The maximum absolute atomic E-state index is 13.1. The second kappa shape index (κ2) is 6.34. The van der Waals surface area contributed by atoms with Crippen molar-refractivity contribution in [2.24, 2.45) is 5.92 Å². The fraction of sp³-hybridized carbons (Fsp3) is 0.500. The van der Waals surface area contributed by atoms with Crippen molar-refractivity contribution in [3.8, 4) is 0 Å². The van der Waals surface area contributed by atoms with Gasteiger partial charge in [0.2, 0.25) is 5.91 Å². The van der Waals surface area contributed by atoms with Crippen LogP contribution in [0.4, 0.5) is 11.5 Å². The molecule has 1 aliphatic carbocycles. The SMILES string of the molecule is CC(C1CC1)n1nccc1NS(=O)(=O)c1ccc2c(c1)C(C)(C)CC(=O)N2C. The summed E-state index contributed by atoms with van der Waals surface area (Å²) in [6.07, 6.45) is 4.27. The second-order valence-electron chi connectivity index (χ2n) is 8.54. The van der Waals surface area contributed by atoms with Gasteiger partial charge >= 0.3 is 0 Å². The quantitative estimate of drug-likeness (QED) is 0.832. The van der Waals surface area contributed by atoms with Crippen molar-refractivity contribution in [3.05, 3.63) is 36.0 Å². The Kier molecular flexibility index (Phi) is 4.30. The molecule has 7 nitrogen and oxygen atoms in total. The molecule has 1 fully saturated rings. The zero-order valence-corrected chi connectivity index (χ0v) is 17.5. The average molecular weight is 403 g/mol. The summed E-state index contributed by atoms with van der Waals surface area (Å²) < 4.78 is 30.6. The Morgan fingerprint density at radius 3 is 2.64 bits per heavy atom. The monoisotopic (exact) mass is 402 g/mol. The fourth-order valence-electron chi connectivity index (χ4n) is 3.94. The van der Waals surface area contributed by atoms with E-state index >= 15 is 0 Å². The topological polar surface area (TPSA) is 84.3 Å². The highest BCUT2D eigenvalue weighted by atomic mass is 32.2. The Morgan fingerprint density at radius 1 is 1.25 bits per heavy atom. The number of hydrogen-bond acceptors (Lipinski definition) is 4. The smallest absolute Gasteiger partial charge is 0.263 e. The molecule has 1 aromatic carbocycles. The van der Waals surface area contributed by atoms with Crippen LogP contribution in [0.1, 0.15) is 51.6 Å². The molecule has 0 saturated heterocycles. The van der Waals surface area contributed by atoms with E-state index in [1.165, 1.54) is 0 Å². The number of sulfonamides is 1. The zero-order chi connectivity index (χ0) is 20.3. The van der Waals surface area contributed by atoms with Crippen LogP contribution in [0.2, 0.25) is 0 Å². The molecule has 2 heterocycles. The van der Waals surface area contributed by atoms with Gasteiger partial charge in [-0.2, -0.15) is 5.10 Å². The van der Waals surface area contributed by atoms with E-state index in [2.05, 4.69) is 16.7 Å². The van der Waals surface area contributed by atoms with Crippen molar-refractivity contribution in [2.75, 3.05) is 16.7 Å². The molecule has 1 N–H and O–H groups in total. The summed E-state index contributed by atoms with van der Waals surface area (Å²) in [5.41, 5.74) is 1.19. The third kappa shape index (κ3) is 3.19. The maximum Gasteiger partial charge on any atom is 0.263 e. The van der Waals surface area contributed by atoms with Gasteiger partial charge in [0.25, 0.3) is 10.0 Å². The first-order valence-corrected chi connectivity index (χ1v) is 11.1. The van der Waals surface area contributed by atoms with Gasteiger partial charge in [-0.05, 0) is 49.4 Å². The van der Waals surface area contributed by atoms with Gasteiger partial charge in [-0.15, -0.1) is 0 Å². The molecule has 4 rings (SSSR count). The number of fused-ring (bicyclic) bond motifs is 1. The number of benzene rings is 1. The highest BCUT2D eigenvalue weighted by Gasteiger charge is 2.36. The number of nitrogens with one attached hydrogen (secondary N) is 1. The lowest BCUT2D eigenvalue weighted by atomic mass is 9.77. The van der Waals surface area contributed by atoms with Gasteiger partial charge in [-0.1, -0.05) is 13.8 Å². The lowest BCUT2D eigenvalue weighted by molar-refractivity contribution is -0.119. The third-order valence-electron chi connectivity index (χ3n) is 5.94. The molecule has 1 saturated carbocycles. The van der Waals surface area contributed by atoms with Gasteiger partial charge < -0.3 is 4.90 Å². The Labute approximate surface area is 165 Å². The third-order valence-corrected chi connectivity index (χ3v) is 7.29. The standard InChI is InChI=1S/C20H26N4O3S/c1-13(14-5-6-14)24-18(9-10-21-24)22-28(26,27)15-7-8-17-16(11-15)20(2,3)12-19(25)23(17)4/h7-11,13-14,22H,5-6,12H2,1-4H3. The van der Waals surface area contributed by atoms with E-state index in [0.29, 0.717) is 18.2 Å². The highest BCUT2D eigenvalue weighted by molar-refractivity contribution is 7.92. The molecule has 1 amide bonds. The van der Waals surface area contributed by atoms with E-state index in [0.717, 1.165) is 24.1 Å². The van der Waals surface area contributed by atoms with Gasteiger partial charge in [0.05, 0.1) is 17.1 Å². The number of rotatable bonds is 5. The minimum absolute atomic E-state index is 0.0317. The van der Waals surface area contributed by atoms with Crippen LogP contribution in [0.3, 0.4) is 0 Å². The van der Waals surface area contributed by atoms with E-state index < -0.39 is 15.4 Å². The molecule has 1 unspecified atom stereocenters.